The third kappa shape index (κ3) is 5.84. The second kappa shape index (κ2) is 11.1. The molecule has 0 saturated carbocycles. The van der Waals surface area contributed by atoms with Crippen molar-refractivity contribution in [1.82, 2.24) is 24.9 Å². The molecule has 5 rings (SSSR count). The van der Waals surface area contributed by atoms with E-state index in [1.54, 1.807) is 33.9 Å². The molecule has 11 heteroatoms. The van der Waals surface area contributed by atoms with E-state index in [-0.39, 0.29) is 42.4 Å². The Hall–Kier alpha value is -3.08. The molecule has 0 radical (unpaired) electrons. The van der Waals surface area contributed by atoms with E-state index in [0.717, 1.165) is 25.9 Å². The third-order valence-electron chi connectivity index (χ3n) is 8.42. The Balaban J connectivity index is 1.20. The van der Waals surface area contributed by atoms with E-state index in [0.29, 0.717) is 48.1 Å². The van der Waals surface area contributed by atoms with Gasteiger partial charge in [-0.3, -0.25) is 19.6 Å². The van der Waals surface area contributed by atoms with Crippen LogP contribution in [0.5, 0.6) is 0 Å². The lowest BCUT2D eigenvalue weighted by molar-refractivity contribution is -0.134. The molecule has 0 bridgehead atoms. The van der Waals surface area contributed by atoms with Crippen molar-refractivity contribution in [2.75, 3.05) is 32.7 Å². The van der Waals surface area contributed by atoms with Crippen molar-refractivity contribution >= 4 is 28.8 Å². The van der Waals surface area contributed by atoms with E-state index >= 15 is 8.78 Å². The topological polar surface area (TPSA) is 96.8 Å². The fourth-order valence-corrected chi connectivity index (χ4v) is 6.31. The Bertz CT molecular complexity index is 1300. The number of nitrogens with zero attached hydrogens (tertiary/aromatic N) is 4. The fourth-order valence-electron chi connectivity index (χ4n) is 6.31. The SMILES string of the molecule is Cn1nc(C2CCC(=O)NC2=O)c2ccc(C3CCN(C[C@H]4CCN(C(=O)OC(C)(C)C)C[C@H]4F)CC3)c(F)c21. The number of aryl methyl sites for hydroxylation is 1. The fraction of sp³-hybridized carbons (Fsp3) is 0.655. The average molecular weight is 560 g/mol. The highest BCUT2D eigenvalue weighted by Crippen LogP contribution is 2.37. The van der Waals surface area contributed by atoms with E-state index in [2.05, 4.69) is 15.3 Å². The smallest absolute Gasteiger partial charge is 0.410 e. The van der Waals surface area contributed by atoms with Crippen molar-refractivity contribution in [3.05, 3.63) is 29.2 Å². The molecule has 4 heterocycles. The Morgan fingerprint density at radius 2 is 1.85 bits per heavy atom. The molecule has 0 aliphatic carbocycles. The number of carbonyl (C=O) groups excluding carboxylic acids is 3. The molecule has 1 aromatic carbocycles. The second-order valence-corrected chi connectivity index (χ2v) is 12.4. The first-order chi connectivity index (χ1) is 18.9. The molecule has 3 fully saturated rings. The standard InChI is InChI=1S/C29H39F2N5O4/c1-29(2,3)40-28(39)36-14-11-18(22(30)16-36)15-35-12-9-17(10-13-35)19-5-6-20-25(33-34(4)26(20)24(19)31)21-7-8-23(37)32-27(21)38/h5-6,17-18,21-22H,7-16H2,1-4H3,(H,32,37,38)/t18-,21?,22-/m1/s1. The third-order valence-corrected chi connectivity index (χ3v) is 8.42. The largest absolute Gasteiger partial charge is 0.444 e. The minimum atomic E-state index is -1.11. The van der Waals surface area contributed by atoms with Crippen molar-refractivity contribution in [1.29, 1.82) is 0 Å². The molecule has 40 heavy (non-hydrogen) atoms. The first-order valence-corrected chi connectivity index (χ1v) is 14.2. The van der Waals surface area contributed by atoms with Crippen LogP contribution in [0, 0.1) is 11.7 Å². The highest BCUT2D eigenvalue weighted by atomic mass is 19.1. The molecule has 9 nitrogen and oxygen atoms in total. The van der Waals surface area contributed by atoms with E-state index < -0.39 is 23.8 Å². The van der Waals surface area contributed by atoms with E-state index in [4.69, 9.17) is 4.74 Å². The number of fused-ring (bicyclic) bond motifs is 1. The first kappa shape index (κ1) is 28.4. The zero-order chi connectivity index (χ0) is 28.8. The number of likely N-dealkylation sites (tertiary alicyclic amines) is 2. The van der Waals surface area contributed by atoms with Crippen LogP contribution in [0.2, 0.25) is 0 Å². The van der Waals surface area contributed by atoms with Crippen LogP contribution < -0.4 is 5.32 Å². The summed E-state index contributed by atoms with van der Waals surface area (Å²) in [5.74, 6) is -1.70. The molecule has 3 amide bonds. The zero-order valence-corrected chi connectivity index (χ0v) is 23.7. The van der Waals surface area contributed by atoms with Gasteiger partial charge in [-0.15, -0.1) is 0 Å². The van der Waals surface area contributed by atoms with Gasteiger partial charge in [-0.1, -0.05) is 12.1 Å². The summed E-state index contributed by atoms with van der Waals surface area (Å²) < 4.78 is 37.8. The minimum absolute atomic E-state index is 0.0322. The van der Waals surface area contributed by atoms with Gasteiger partial charge in [0.05, 0.1) is 18.2 Å². The number of amides is 3. The summed E-state index contributed by atoms with van der Waals surface area (Å²) in [7, 11) is 1.68. The van der Waals surface area contributed by atoms with Crippen LogP contribution in [0.1, 0.15) is 76.0 Å². The summed E-state index contributed by atoms with van der Waals surface area (Å²) in [6.45, 7) is 8.03. The lowest BCUT2D eigenvalue weighted by atomic mass is 9.86. The van der Waals surface area contributed by atoms with Crippen molar-refractivity contribution in [3.63, 3.8) is 0 Å². The molecule has 3 atom stereocenters. The monoisotopic (exact) mass is 559 g/mol. The van der Waals surface area contributed by atoms with Crippen LogP contribution in [-0.2, 0) is 21.4 Å². The lowest BCUT2D eigenvalue weighted by Gasteiger charge is -2.39. The van der Waals surface area contributed by atoms with Crippen LogP contribution in [0.25, 0.3) is 10.9 Å². The highest BCUT2D eigenvalue weighted by Gasteiger charge is 2.36. The molecule has 3 saturated heterocycles. The zero-order valence-electron chi connectivity index (χ0n) is 23.7. The van der Waals surface area contributed by atoms with Crippen molar-refractivity contribution in [3.8, 4) is 0 Å². The maximum atomic E-state index is 15.9. The Labute approximate surface area is 233 Å². The van der Waals surface area contributed by atoms with Gasteiger partial charge in [0.15, 0.2) is 5.82 Å². The number of carbonyl (C=O) groups is 3. The average Bonchev–Trinajstić information content (AvgIpc) is 3.21. The molecule has 218 valence electrons. The normalized spacial score (nSPS) is 25.4. The summed E-state index contributed by atoms with van der Waals surface area (Å²) in [4.78, 5) is 40.0. The molecular formula is C29H39F2N5O4. The van der Waals surface area contributed by atoms with Gasteiger partial charge in [0.25, 0.3) is 0 Å². The molecule has 1 aromatic heterocycles. The number of hydrogen-bond donors (Lipinski definition) is 1. The minimum Gasteiger partial charge on any atom is -0.444 e. The number of rotatable bonds is 4. The van der Waals surface area contributed by atoms with E-state index in [1.807, 2.05) is 6.07 Å². The molecule has 2 aromatic rings. The second-order valence-electron chi connectivity index (χ2n) is 12.4. The van der Waals surface area contributed by atoms with Gasteiger partial charge in [-0.05, 0) is 71.0 Å². The summed E-state index contributed by atoms with van der Waals surface area (Å²) in [5.41, 5.74) is 0.901. The van der Waals surface area contributed by atoms with E-state index in [1.165, 1.54) is 9.58 Å². The molecular weight excluding hydrogens is 520 g/mol. The molecule has 1 N–H and O–H groups in total. The van der Waals surface area contributed by atoms with Crippen LogP contribution in [0.3, 0.4) is 0 Å². The number of alkyl halides is 1. The van der Waals surface area contributed by atoms with Gasteiger partial charge >= 0.3 is 6.09 Å². The highest BCUT2D eigenvalue weighted by molar-refractivity contribution is 6.02. The number of aromatic nitrogens is 2. The number of piperidine rings is 3. The van der Waals surface area contributed by atoms with E-state index in [9.17, 15) is 14.4 Å². The van der Waals surface area contributed by atoms with Gasteiger partial charge in [0.2, 0.25) is 11.8 Å². The lowest BCUT2D eigenvalue weighted by Crippen LogP contribution is -2.50. The quantitative estimate of drug-likeness (QED) is 0.569. The Morgan fingerprint density at radius 1 is 1.12 bits per heavy atom. The van der Waals surface area contributed by atoms with Crippen LogP contribution >= 0.6 is 0 Å². The predicted octanol–water partition coefficient (Wildman–Crippen LogP) is 4.01. The van der Waals surface area contributed by atoms with Crippen molar-refractivity contribution < 1.29 is 27.9 Å². The van der Waals surface area contributed by atoms with Crippen molar-refractivity contribution in [2.24, 2.45) is 13.0 Å². The van der Waals surface area contributed by atoms with Gasteiger partial charge in [-0.2, -0.15) is 5.10 Å². The van der Waals surface area contributed by atoms with Crippen LogP contribution in [0.4, 0.5) is 13.6 Å². The van der Waals surface area contributed by atoms with Crippen molar-refractivity contribution in [2.45, 2.75) is 76.5 Å². The summed E-state index contributed by atoms with van der Waals surface area (Å²) in [6, 6.07) is 3.65. The maximum absolute atomic E-state index is 15.9. The number of imide groups is 1. The van der Waals surface area contributed by atoms with Crippen LogP contribution in [0.15, 0.2) is 12.1 Å². The Morgan fingerprint density at radius 3 is 2.50 bits per heavy atom. The Kier molecular flexibility index (Phi) is 7.87. The number of nitrogens with one attached hydrogen (secondary N) is 1. The van der Waals surface area contributed by atoms with Gasteiger partial charge in [0, 0.05) is 37.9 Å². The maximum Gasteiger partial charge on any atom is 0.410 e. The van der Waals surface area contributed by atoms with Gasteiger partial charge in [-0.25, -0.2) is 13.6 Å². The predicted molar refractivity (Wildman–Crippen MR) is 145 cm³/mol. The molecule has 3 aliphatic rings. The van der Waals surface area contributed by atoms with Crippen LogP contribution in [-0.4, -0.2) is 82.0 Å². The summed E-state index contributed by atoms with van der Waals surface area (Å²) in [6.07, 6.45) is 1.12. The van der Waals surface area contributed by atoms with Gasteiger partial charge < -0.3 is 14.5 Å². The number of hydrogen-bond acceptors (Lipinski definition) is 6. The summed E-state index contributed by atoms with van der Waals surface area (Å²) >= 11 is 0. The molecule has 1 unspecified atom stereocenters. The molecule has 0 spiro atoms. The van der Waals surface area contributed by atoms with Gasteiger partial charge in [0.1, 0.15) is 17.3 Å². The first-order valence-electron chi connectivity index (χ1n) is 14.2. The molecule has 3 aliphatic heterocycles. The summed E-state index contributed by atoms with van der Waals surface area (Å²) in [5, 5.41) is 7.44. The number of halogens is 2. The number of ether oxygens (including phenoxy) is 1. The number of benzene rings is 1.